The van der Waals surface area contributed by atoms with Crippen LogP contribution in [0.4, 0.5) is 0 Å². The fourth-order valence-electron chi connectivity index (χ4n) is 5.33. The summed E-state index contributed by atoms with van der Waals surface area (Å²) in [5, 5.41) is 2.17. The quantitative estimate of drug-likeness (QED) is 0.507. The number of amides is 2. The first kappa shape index (κ1) is 24.5. The number of hydrogen-bond donors (Lipinski definition) is 0. The van der Waals surface area contributed by atoms with Crippen LogP contribution < -0.4 is 4.74 Å². The van der Waals surface area contributed by atoms with Crippen LogP contribution in [-0.4, -0.2) is 71.9 Å². The smallest absolute Gasteiger partial charge is 0.260 e. The summed E-state index contributed by atoms with van der Waals surface area (Å²) in [5.74, 6) is 0.784. The van der Waals surface area contributed by atoms with Crippen molar-refractivity contribution < 1.29 is 14.3 Å². The third-order valence-electron chi connectivity index (χ3n) is 7.39. The Kier molecular flexibility index (Phi) is 7.39. The molecule has 6 nitrogen and oxygen atoms in total. The predicted molar refractivity (Wildman–Crippen MR) is 142 cm³/mol. The van der Waals surface area contributed by atoms with E-state index < -0.39 is 0 Å². The Balaban J connectivity index is 1.23. The van der Waals surface area contributed by atoms with Gasteiger partial charge in [0, 0.05) is 37.6 Å². The summed E-state index contributed by atoms with van der Waals surface area (Å²) in [7, 11) is 0. The van der Waals surface area contributed by atoms with E-state index in [0.29, 0.717) is 31.9 Å². The lowest BCUT2D eigenvalue weighted by Crippen LogP contribution is -2.56. The van der Waals surface area contributed by atoms with Crippen LogP contribution in [0.25, 0.3) is 0 Å². The number of para-hydroxylation sites is 1. The molecule has 1 saturated heterocycles. The molecule has 0 aliphatic carbocycles. The number of carbonyl (C=O) groups is 2. The number of fused-ring (bicyclic) bond motifs is 1. The predicted octanol–water partition coefficient (Wildman–Crippen LogP) is 4.14. The Morgan fingerprint density at radius 3 is 2.36 bits per heavy atom. The molecule has 2 atom stereocenters. The van der Waals surface area contributed by atoms with Crippen LogP contribution in [0.3, 0.4) is 0 Å². The summed E-state index contributed by atoms with van der Waals surface area (Å²) in [5.41, 5.74) is 3.84. The van der Waals surface area contributed by atoms with Crippen LogP contribution in [0.1, 0.15) is 34.5 Å². The lowest BCUT2D eigenvalue weighted by molar-refractivity contribution is -0.144. The summed E-state index contributed by atoms with van der Waals surface area (Å²) in [6.07, 6.45) is 0.969. The van der Waals surface area contributed by atoms with Crippen molar-refractivity contribution in [2.45, 2.75) is 32.4 Å². The maximum Gasteiger partial charge on any atom is 0.260 e. The van der Waals surface area contributed by atoms with Gasteiger partial charge >= 0.3 is 0 Å². The van der Waals surface area contributed by atoms with Gasteiger partial charge in [0.25, 0.3) is 5.91 Å². The number of ether oxygens (including phenoxy) is 1. The standard InChI is InChI=1S/C29H33N3O3S/c1-21-8-6-7-11-24(21)28-25-13-19-36-26(25)12-14-32(28)22(2)29(34)31-17-15-30(16-18-31)27(33)20-35-23-9-4-3-5-10-23/h3-11,13,19,22,28H,12,14-18,20H2,1-2H3/t22-,28+/m1/s1. The van der Waals surface area contributed by atoms with Crippen LogP contribution >= 0.6 is 11.3 Å². The van der Waals surface area contributed by atoms with E-state index in [4.69, 9.17) is 4.74 Å². The summed E-state index contributed by atoms with van der Waals surface area (Å²) >= 11 is 1.82. The van der Waals surface area contributed by atoms with Crippen LogP contribution in [-0.2, 0) is 16.0 Å². The molecule has 0 spiro atoms. The van der Waals surface area contributed by atoms with Gasteiger partial charge in [0.05, 0.1) is 12.1 Å². The van der Waals surface area contributed by atoms with Gasteiger partial charge in [0.2, 0.25) is 5.91 Å². The molecule has 2 aromatic carbocycles. The second kappa shape index (κ2) is 10.8. The SMILES string of the molecule is Cc1ccccc1[C@H]1c2ccsc2CCN1[C@H](C)C(=O)N1CCN(C(=O)COc2ccccc2)CC1. The van der Waals surface area contributed by atoms with Crippen molar-refractivity contribution in [3.63, 3.8) is 0 Å². The van der Waals surface area contributed by atoms with Gasteiger partial charge in [0.1, 0.15) is 5.75 Å². The molecule has 188 valence electrons. The van der Waals surface area contributed by atoms with Gasteiger partial charge in [-0.2, -0.15) is 0 Å². The molecule has 2 amide bonds. The lowest BCUT2D eigenvalue weighted by atomic mass is 9.89. The van der Waals surface area contributed by atoms with Crippen LogP contribution in [0.15, 0.2) is 66.0 Å². The zero-order chi connectivity index (χ0) is 25.1. The van der Waals surface area contributed by atoms with Crippen molar-refractivity contribution in [1.29, 1.82) is 0 Å². The molecule has 0 N–H and O–H groups in total. The third kappa shape index (κ3) is 5.04. The largest absolute Gasteiger partial charge is 0.484 e. The molecule has 7 heteroatoms. The molecule has 0 saturated carbocycles. The summed E-state index contributed by atoms with van der Waals surface area (Å²) in [4.78, 5) is 33.8. The number of rotatable bonds is 6. The minimum absolute atomic E-state index is 0.0171. The van der Waals surface area contributed by atoms with Gasteiger partial charge < -0.3 is 14.5 Å². The minimum Gasteiger partial charge on any atom is -0.484 e. The van der Waals surface area contributed by atoms with E-state index >= 15 is 0 Å². The Morgan fingerprint density at radius 2 is 1.61 bits per heavy atom. The first-order valence-electron chi connectivity index (χ1n) is 12.6. The maximum atomic E-state index is 13.7. The summed E-state index contributed by atoms with van der Waals surface area (Å²) in [6, 6.07) is 19.9. The number of aryl methyl sites for hydroxylation is 1. The topological polar surface area (TPSA) is 53.1 Å². The zero-order valence-electron chi connectivity index (χ0n) is 20.9. The summed E-state index contributed by atoms with van der Waals surface area (Å²) < 4.78 is 5.62. The molecule has 0 unspecified atom stereocenters. The van der Waals surface area contributed by atoms with Gasteiger partial charge in [-0.1, -0.05) is 42.5 Å². The van der Waals surface area contributed by atoms with Gasteiger partial charge in [-0.3, -0.25) is 14.5 Å². The highest BCUT2D eigenvalue weighted by molar-refractivity contribution is 7.10. The Bertz CT molecular complexity index is 1200. The molecule has 1 aromatic heterocycles. The molecule has 36 heavy (non-hydrogen) atoms. The second-order valence-electron chi connectivity index (χ2n) is 9.53. The normalized spacial score (nSPS) is 19.0. The monoisotopic (exact) mass is 503 g/mol. The number of hydrogen-bond acceptors (Lipinski definition) is 5. The molecule has 1 fully saturated rings. The number of nitrogens with zero attached hydrogens (tertiary/aromatic N) is 3. The molecule has 3 aromatic rings. The molecule has 0 bridgehead atoms. The number of piperazine rings is 1. The molecule has 5 rings (SSSR count). The fourth-order valence-corrected chi connectivity index (χ4v) is 6.23. The van der Waals surface area contributed by atoms with E-state index in [-0.39, 0.29) is 30.5 Å². The van der Waals surface area contributed by atoms with Gasteiger partial charge in [0.15, 0.2) is 6.61 Å². The number of carbonyl (C=O) groups excluding carboxylic acids is 2. The molecule has 2 aliphatic heterocycles. The number of benzene rings is 2. The van der Waals surface area contributed by atoms with E-state index in [9.17, 15) is 9.59 Å². The van der Waals surface area contributed by atoms with Gasteiger partial charge in [-0.15, -0.1) is 11.3 Å². The Labute approximate surface area is 217 Å². The van der Waals surface area contributed by atoms with Crippen LogP contribution in [0.5, 0.6) is 5.75 Å². The van der Waals surface area contributed by atoms with Crippen molar-refractivity contribution in [1.82, 2.24) is 14.7 Å². The highest BCUT2D eigenvalue weighted by Gasteiger charge is 2.37. The third-order valence-corrected chi connectivity index (χ3v) is 8.39. The van der Waals surface area contributed by atoms with Crippen LogP contribution in [0.2, 0.25) is 0 Å². The molecule has 2 aliphatic rings. The van der Waals surface area contributed by atoms with Crippen molar-refractivity contribution in [3.05, 3.63) is 87.6 Å². The van der Waals surface area contributed by atoms with E-state index in [1.54, 1.807) is 4.90 Å². The zero-order valence-corrected chi connectivity index (χ0v) is 21.7. The molecular formula is C29H33N3O3S. The number of thiophene rings is 1. The minimum atomic E-state index is -0.244. The maximum absolute atomic E-state index is 13.7. The van der Waals surface area contributed by atoms with E-state index in [1.165, 1.54) is 21.6 Å². The van der Waals surface area contributed by atoms with Crippen molar-refractivity contribution >= 4 is 23.2 Å². The Hall–Kier alpha value is -3.16. The van der Waals surface area contributed by atoms with Crippen molar-refractivity contribution in [2.24, 2.45) is 0 Å². The summed E-state index contributed by atoms with van der Waals surface area (Å²) in [6.45, 7) is 7.23. The highest BCUT2D eigenvalue weighted by atomic mass is 32.1. The fraction of sp³-hybridized carbons (Fsp3) is 0.379. The lowest BCUT2D eigenvalue weighted by Gasteiger charge is -2.43. The average molecular weight is 504 g/mol. The Morgan fingerprint density at radius 1 is 0.917 bits per heavy atom. The van der Waals surface area contributed by atoms with Crippen molar-refractivity contribution in [2.75, 3.05) is 39.3 Å². The van der Waals surface area contributed by atoms with E-state index in [1.807, 2.05) is 53.5 Å². The second-order valence-corrected chi connectivity index (χ2v) is 10.5. The van der Waals surface area contributed by atoms with E-state index in [2.05, 4.69) is 47.5 Å². The van der Waals surface area contributed by atoms with Crippen LogP contribution in [0, 0.1) is 6.92 Å². The van der Waals surface area contributed by atoms with E-state index in [0.717, 1.165) is 13.0 Å². The molecule has 0 radical (unpaired) electrons. The first-order chi connectivity index (χ1) is 17.5. The van der Waals surface area contributed by atoms with Gasteiger partial charge in [-0.05, 0) is 60.5 Å². The molecular weight excluding hydrogens is 470 g/mol. The molecule has 3 heterocycles. The van der Waals surface area contributed by atoms with Gasteiger partial charge in [-0.25, -0.2) is 0 Å². The highest BCUT2D eigenvalue weighted by Crippen LogP contribution is 2.40. The average Bonchev–Trinajstić information content (AvgIpc) is 3.40. The first-order valence-corrected chi connectivity index (χ1v) is 13.5. The van der Waals surface area contributed by atoms with Crippen molar-refractivity contribution in [3.8, 4) is 5.75 Å².